The minimum Gasteiger partial charge on any atom is -0.468 e. The van der Waals surface area contributed by atoms with Crippen LogP contribution in [0.3, 0.4) is 0 Å². The van der Waals surface area contributed by atoms with Crippen LogP contribution < -0.4 is 5.32 Å². The summed E-state index contributed by atoms with van der Waals surface area (Å²) < 4.78 is 10.4. The number of ether oxygens (including phenoxy) is 1. The molecule has 6 nitrogen and oxygen atoms in total. The molecule has 0 aliphatic rings. The maximum absolute atomic E-state index is 12.5. The van der Waals surface area contributed by atoms with Crippen LogP contribution in [0, 0.1) is 0 Å². The lowest BCUT2D eigenvalue weighted by molar-refractivity contribution is -0.117. The molecule has 0 spiro atoms. The fraction of sp³-hybridized carbons (Fsp3) is 0.238. The van der Waals surface area contributed by atoms with Crippen molar-refractivity contribution in [2.45, 2.75) is 13.5 Å². The van der Waals surface area contributed by atoms with Crippen LogP contribution in [-0.2, 0) is 16.1 Å². The predicted molar refractivity (Wildman–Crippen MR) is 114 cm³/mol. The number of hydrogen-bond acceptors (Lipinski definition) is 6. The summed E-state index contributed by atoms with van der Waals surface area (Å²) in [6, 6.07) is 12.7. The van der Waals surface area contributed by atoms with Crippen LogP contribution in [0.5, 0.6) is 0 Å². The lowest BCUT2D eigenvalue weighted by Crippen LogP contribution is -2.30. The average Bonchev–Trinajstić information content (AvgIpc) is 3.32. The Morgan fingerprint density at radius 2 is 2.00 bits per heavy atom. The Labute approximate surface area is 178 Å². The molecule has 3 aromatic rings. The van der Waals surface area contributed by atoms with E-state index in [1.807, 2.05) is 30.1 Å². The van der Waals surface area contributed by atoms with E-state index < -0.39 is 5.97 Å². The number of carbonyl (C=O) groups excluding carboxylic acids is 2. The highest BCUT2D eigenvalue weighted by molar-refractivity contribution is 7.18. The molecule has 0 saturated carbocycles. The van der Waals surface area contributed by atoms with Gasteiger partial charge in [0, 0.05) is 9.90 Å². The Kier molecular flexibility index (Phi) is 7.09. The zero-order valence-corrected chi connectivity index (χ0v) is 17.7. The lowest BCUT2D eigenvalue weighted by Gasteiger charge is -2.14. The predicted octanol–water partition coefficient (Wildman–Crippen LogP) is 4.91. The number of carbonyl (C=O) groups is 2. The van der Waals surface area contributed by atoms with Gasteiger partial charge < -0.3 is 14.5 Å². The first-order valence-electron chi connectivity index (χ1n) is 9.04. The molecule has 8 heteroatoms. The fourth-order valence-electron chi connectivity index (χ4n) is 2.75. The van der Waals surface area contributed by atoms with Gasteiger partial charge in [-0.2, -0.15) is 0 Å². The van der Waals surface area contributed by atoms with Crippen LogP contribution in [0.1, 0.15) is 22.4 Å². The molecule has 2 aromatic heterocycles. The molecule has 1 N–H and O–H groups in total. The van der Waals surface area contributed by atoms with Crippen LogP contribution in [0.25, 0.3) is 10.4 Å². The Morgan fingerprint density at radius 1 is 1.24 bits per heavy atom. The van der Waals surface area contributed by atoms with Crippen molar-refractivity contribution in [1.29, 1.82) is 0 Å². The molecule has 0 atom stereocenters. The number of thiophene rings is 1. The van der Waals surface area contributed by atoms with E-state index in [0.29, 0.717) is 22.1 Å². The minimum absolute atomic E-state index is 0.148. The maximum atomic E-state index is 12.5. The number of rotatable bonds is 8. The van der Waals surface area contributed by atoms with Gasteiger partial charge >= 0.3 is 5.97 Å². The zero-order valence-electron chi connectivity index (χ0n) is 16.1. The van der Waals surface area contributed by atoms with Crippen LogP contribution in [0.2, 0.25) is 5.02 Å². The van der Waals surface area contributed by atoms with Crippen molar-refractivity contribution < 1.29 is 18.7 Å². The third-order valence-corrected chi connectivity index (χ3v) is 5.43. The second kappa shape index (κ2) is 9.73. The van der Waals surface area contributed by atoms with Gasteiger partial charge in [0.2, 0.25) is 5.91 Å². The molecule has 0 fully saturated rings. The summed E-state index contributed by atoms with van der Waals surface area (Å²) in [5.74, 6) is 0.0788. The van der Waals surface area contributed by atoms with Crippen molar-refractivity contribution in [1.82, 2.24) is 4.90 Å². The summed E-state index contributed by atoms with van der Waals surface area (Å²) in [4.78, 5) is 27.9. The third kappa shape index (κ3) is 5.69. The van der Waals surface area contributed by atoms with Gasteiger partial charge in [-0.05, 0) is 49.9 Å². The number of benzene rings is 1. The van der Waals surface area contributed by atoms with E-state index in [1.54, 1.807) is 37.5 Å². The molecule has 0 aliphatic heterocycles. The molecule has 2 heterocycles. The van der Waals surface area contributed by atoms with Crippen molar-refractivity contribution in [3.8, 4) is 10.4 Å². The Balaban J connectivity index is 1.76. The molecule has 0 unspecified atom stereocenters. The van der Waals surface area contributed by atoms with Crippen LogP contribution >= 0.6 is 22.9 Å². The van der Waals surface area contributed by atoms with Gasteiger partial charge in [0.15, 0.2) is 0 Å². The molecule has 152 valence electrons. The highest BCUT2D eigenvalue weighted by Gasteiger charge is 2.20. The van der Waals surface area contributed by atoms with Gasteiger partial charge in [0.1, 0.15) is 10.6 Å². The molecule has 1 aromatic carbocycles. The number of nitrogens with one attached hydrogen (secondary N) is 1. The van der Waals surface area contributed by atoms with Crippen molar-refractivity contribution in [3.05, 3.63) is 64.4 Å². The lowest BCUT2D eigenvalue weighted by atomic mass is 10.2. The van der Waals surface area contributed by atoms with Gasteiger partial charge in [-0.25, -0.2) is 4.79 Å². The van der Waals surface area contributed by atoms with E-state index in [-0.39, 0.29) is 19.1 Å². The Hall–Kier alpha value is -2.61. The first-order chi connectivity index (χ1) is 14.0. The van der Waals surface area contributed by atoms with Gasteiger partial charge in [0.25, 0.3) is 0 Å². The van der Waals surface area contributed by atoms with Crippen molar-refractivity contribution >= 4 is 40.5 Å². The second-order valence-corrected chi connectivity index (χ2v) is 7.87. The fourth-order valence-corrected chi connectivity index (χ4v) is 3.89. The van der Waals surface area contributed by atoms with E-state index in [0.717, 1.165) is 16.2 Å². The summed E-state index contributed by atoms with van der Waals surface area (Å²) in [5.41, 5.74) is 1.34. The number of hydrogen-bond donors (Lipinski definition) is 1. The average molecular weight is 433 g/mol. The van der Waals surface area contributed by atoms with Crippen LogP contribution in [0.4, 0.5) is 5.69 Å². The van der Waals surface area contributed by atoms with E-state index >= 15 is 0 Å². The number of anilines is 1. The molecule has 0 aliphatic carbocycles. The molecule has 0 saturated heterocycles. The van der Waals surface area contributed by atoms with Crippen molar-refractivity contribution in [3.63, 3.8) is 0 Å². The monoisotopic (exact) mass is 432 g/mol. The van der Waals surface area contributed by atoms with E-state index in [1.165, 1.54) is 11.3 Å². The molecule has 29 heavy (non-hydrogen) atoms. The summed E-state index contributed by atoms with van der Waals surface area (Å²) in [6.45, 7) is 2.65. The molecule has 0 radical (unpaired) electrons. The quantitative estimate of drug-likeness (QED) is 0.512. The molecule has 3 rings (SSSR count). The highest BCUT2D eigenvalue weighted by Crippen LogP contribution is 2.36. The number of amides is 1. The summed E-state index contributed by atoms with van der Waals surface area (Å²) >= 11 is 7.23. The first-order valence-corrected chi connectivity index (χ1v) is 10.2. The topological polar surface area (TPSA) is 71.8 Å². The normalized spacial score (nSPS) is 10.9. The molecular formula is C21H21ClN2O4S. The van der Waals surface area contributed by atoms with Crippen LogP contribution in [-0.4, -0.2) is 37.0 Å². The Bertz CT molecular complexity index is 967. The van der Waals surface area contributed by atoms with E-state index in [2.05, 4.69) is 5.32 Å². The SMILES string of the molecule is CCOC(=O)c1sc(-c2ccc(Cl)cc2)cc1NC(=O)CN(C)Cc1ccco1. The number of esters is 1. The number of halogens is 1. The highest BCUT2D eigenvalue weighted by atomic mass is 35.5. The molecule has 1 amide bonds. The smallest absolute Gasteiger partial charge is 0.350 e. The summed E-state index contributed by atoms with van der Waals surface area (Å²) in [7, 11) is 1.82. The van der Waals surface area contributed by atoms with Gasteiger partial charge in [-0.1, -0.05) is 23.7 Å². The largest absolute Gasteiger partial charge is 0.468 e. The Morgan fingerprint density at radius 3 is 2.66 bits per heavy atom. The first kappa shape index (κ1) is 21.1. The number of likely N-dealkylation sites (N-methyl/N-ethyl adjacent to an activating group) is 1. The van der Waals surface area contributed by atoms with Gasteiger partial charge in [0.05, 0.1) is 31.6 Å². The molecular weight excluding hydrogens is 412 g/mol. The third-order valence-electron chi connectivity index (χ3n) is 4.02. The number of nitrogens with zero attached hydrogens (tertiary/aromatic N) is 1. The second-order valence-electron chi connectivity index (χ2n) is 6.38. The minimum atomic E-state index is -0.461. The van der Waals surface area contributed by atoms with Gasteiger partial charge in [-0.15, -0.1) is 11.3 Å². The standard InChI is InChI=1S/C21H21ClN2O4S/c1-3-27-21(26)20-17(11-18(29-20)14-6-8-15(22)9-7-14)23-19(25)13-24(2)12-16-5-4-10-28-16/h4-11H,3,12-13H2,1-2H3,(H,23,25). The van der Waals surface area contributed by atoms with Crippen LogP contribution in [0.15, 0.2) is 53.1 Å². The van der Waals surface area contributed by atoms with E-state index in [9.17, 15) is 9.59 Å². The van der Waals surface area contributed by atoms with Crippen molar-refractivity contribution in [2.24, 2.45) is 0 Å². The summed E-state index contributed by atoms with van der Waals surface area (Å²) in [6.07, 6.45) is 1.60. The molecule has 0 bridgehead atoms. The van der Waals surface area contributed by atoms with Gasteiger partial charge in [-0.3, -0.25) is 9.69 Å². The van der Waals surface area contributed by atoms with E-state index in [4.69, 9.17) is 20.8 Å². The number of furan rings is 1. The summed E-state index contributed by atoms with van der Waals surface area (Å²) in [5, 5.41) is 3.46. The van der Waals surface area contributed by atoms with Crippen molar-refractivity contribution in [2.75, 3.05) is 25.5 Å². The zero-order chi connectivity index (χ0) is 20.8. The maximum Gasteiger partial charge on any atom is 0.350 e.